The van der Waals surface area contributed by atoms with Crippen molar-refractivity contribution < 1.29 is 19.6 Å². The molecular formula is C10H13N3O5. The van der Waals surface area contributed by atoms with Crippen LogP contribution < -0.4 is 15.4 Å². The van der Waals surface area contributed by atoms with E-state index in [1.54, 1.807) is 0 Å². The molecule has 0 atom stereocenters. The van der Waals surface area contributed by atoms with Gasteiger partial charge < -0.3 is 20.5 Å². The van der Waals surface area contributed by atoms with E-state index in [0.29, 0.717) is 5.75 Å². The van der Waals surface area contributed by atoms with E-state index in [9.17, 15) is 14.9 Å². The molecule has 1 rings (SSSR count). The number of nitro groups is 1. The fraction of sp³-hybridized carbons (Fsp3) is 0.300. The summed E-state index contributed by atoms with van der Waals surface area (Å²) >= 11 is 0. The number of hydrogen-bond acceptors (Lipinski definition) is 5. The summed E-state index contributed by atoms with van der Waals surface area (Å²) in [5.74, 6) is 0.305. The fourth-order valence-corrected chi connectivity index (χ4v) is 1.24. The van der Waals surface area contributed by atoms with E-state index >= 15 is 0 Å². The van der Waals surface area contributed by atoms with Crippen molar-refractivity contribution in [1.29, 1.82) is 0 Å². The van der Waals surface area contributed by atoms with Gasteiger partial charge in [0.05, 0.1) is 24.3 Å². The van der Waals surface area contributed by atoms with Gasteiger partial charge in [0.1, 0.15) is 5.75 Å². The molecule has 0 aromatic heterocycles. The minimum Gasteiger partial charge on any atom is -0.495 e. The molecule has 8 heteroatoms. The summed E-state index contributed by atoms with van der Waals surface area (Å²) < 4.78 is 4.97. The molecule has 0 aliphatic carbocycles. The number of nitro benzene ring substituents is 1. The normalized spacial score (nSPS) is 9.67. The van der Waals surface area contributed by atoms with Crippen molar-refractivity contribution in [3.05, 3.63) is 28.3 Å². The molecule has 98 valence electrons. The number of aliphatic hydroxyl groups is 1. The van der Waals surface area contributed by atoms with Gasteiger partial charge in [0.15, 0.2) is 0 Å². The molecule has 8 nitrogen and oxygen atoms in total. The van der Waals surface area contributed by atoms with Crippen LogP contribution in [0.1, 0.15) is 0 Å². The molecule has 0 spiro atoms. The molecule has 18 heavy (non-hydrogen) atoms. The van der Waals surface area contributed by atoms with Crippen molar-refractivity contribution in [2.45, 2.75) is 0 Å². The first-order chi connectivity index (χ1) is 8.58. The SMILES string of the molecule is COc1ccc([N+](=O)[O-])cc1NC(=O)NCCO. The number of amides is 2. The summed E-state index contributed by atoms with van der Waals surface area (Å²) in [6, 6.07) is 3.27. The monoisotopic (exact) mass is 255 g/mol. The molecule has 0 heterocycles. The van der Waals surface area contributed by atoms with E-state index in [1.807, 2.05) is 0 Å². The number of carbonyl (C=O) groups is 1. The predicted molar refractivity (Wildman–Crippen MR) is 63.8 cm³/mol. The Hall–Kier alpha value is -2.35. The molecule has 0 saturated heterocycles. The Morgan fingerprint density at radius 3 is 2.83 bits per heavy atom. The average molecular weight is 255 g/mol. The van der Waals surface area contributed by atoms with Gasteiger partial charge in [0.2, 0.25) is 0 Å². The van der Waals surface area contributed by atoms with Crippen molar-refractivity contribution in [3.63, 3.8) is 0 Å². The van der Waals surface area contributed by atoms with E-state index < -0.39 is 11.0 Å². The molecule has 0 bridgehead atoms. The number of nitrogens with zero attached hydrogens (tertiary/aromatic N) is 1. The summed E-state index contributed by atoms with van der Waals surface area (Å²) in [5, 5.41) is 23.9. The van der Waals surface area contributed by atoms with Crippen molar-refractivity contribution in [2.24, 2.45) is 0 Å². The van der Waals surface area contributed by atoms with Gasteiger partial charge in [-0.05, 0) is 6.07 Å². The number of non-ortho nitro benzene ring substituents is 1. The number of benzene rings is 1. The second kappa shape index (κ2) is 6.40. The van der Waals surface area contributed by atoms with Gasteiger partial charge in [-0.25, -0.2) is 4.79 Å². The van der Waals surface area contributed by atoms with Gasteiger partial charge in [0.25, 0.3) is 5.69 Å². The van der Waals surface area contributed by atoms with Gasteiger partial charge in [-0.15, -0.1) is 0 Å². The first-order valence-electron chi connectivity index (χ1n) is 5.06. The lowest BCUT2D eigenvalue weighted by molar-refractivity contribution is -0.384. The van der Waals surface area contributed by atoms with Crippen LogP contribution in [0.15, 0.2) is 18.2 Å². The summed E-state index contributed by atoms with van der Waals surface area (Å²) in [5.41, 5.74) is 0.0235. The summed E-state index contributed by atoms with van der Waals surface area (Å²) in [7, 11) is 1.39. The maximum atomic E-state index is 11.4. The first kappa shape index (κ1) is 13.7. The zero-order chi connectivity index (χ0) is 13.5. The Morgan fingerprint density at radius 1 is 1.56 bits per heavy atom. The van der Waals surface area contributed by atoms with Gasteiger partial charge in [0, 0.05) is 18.7 Å². The number of methoxy groups -OCH3 is 1. The largest absolute Gasteiger partial charge is 0.495 e. The van der Waals surface area contributed by atoms with Crippen LogP contribution in [0.2, 0.25) is 0 Å². The molecule has 2 amide bonds. The van der Waals surface area contributed by atoms with E-state index in [2.05, 4.69) is 10.6 Å². The zero-order valence-electron chi connectivity index (χ0n) is 9.67. The Bertz CT molecular complexity index is 449. The smallest absolute Gasteiger partial charge is 0.319 e. The molecule has 0 aliphatic heterocycles. The lowest BCUT2D eigenvalue weighted by Crippen LogP contribution is -2.31. The molecule has 0 fully saturated rings. The van der Waals surface area contributed by atoms with Crippen molar-refractivity contribution in [2.75, 3.05) is 25.6 Å². The van der Waals surface area contributed by atoms with Crippen LogP contribution in [0.4, 0.5) is 16.2 Å². The number of rotatable bonds is 5. The van der Waals surface area contributed by atoms with Crippen LogP contribution >= 0.6 is 0 Å². The lowest BCUT2D eigenvalue weighted by Gasteiger charge is -2.10. The predicted octanol–water partition coefficient (Wildman–Crippen LogP) is 0.717. The molecule has 0 aliphatic rings. The topological polar surface area (TPSA) is 114 Å². The Balaban J connectivity index is 2.87. The molecule has 1 aromatic carbocycles. The maximum Gasteiger partial charge on any atom is 0.319 e. The van der Waals surface area contributed by atoms with Gasteiger partial charge in [-0.2, -0.15) is 0 Å². The first-order valence-corrected chi connectivity index (χ1v) is 5.06. The number of ether oxygens (including phenoxy) is 1. The summed E-state index contributed by atoms with van der Waals surface area (Å²) in [4.78, 5) is 21.4. The van der Waals surface area contributed by atoms with E-state index in [-0.39, 0.29) is 24.5 Å². The highest BCUT2D eigenvalue weighted by atomic mass is 16.6. The van der Waals surface area contributed by atoms with Crippen LogP contribution in [-0.2, 0) is 0 Å². The third-order valence-electron chi connectivity index (χ3n) is 2.04. The summed E-state index contributed by atoms with van der Waals surface area (Å²) in [6.45, 7) is -0.109. The molecule has 0 saturated carbocycles. The highest BCUT2D eigenvalue weighted by molar-refractivity contribution is 5.91. The second-order valence-electron chi connectivity index (χ2n) is 3.25. The molecule has 3 N–H and O–H groups in total. The van der Waals surface area contributed by atoms with Gasteiger partial charge in [-0.1, -0.05) is 0 Å². The molecule has 0 radical (unpaired) electrons. The van der Waals surface area contributed by atoms with E-state index in [4.69, 9.17) is 9.84 Å². The number of nitrogens with one attached hydrogen (secondary N) is 2. The number of urea groups is 1. The number of hydrogen-bond donors (Lipinski definition) is 3. The van der Waals surface area contributed by atoms with E-state index in [1.165, 1.54) is 25.3 Å². The highest BCUT2D eigenvalue weighted by Gasteiger charge is 2.13. The van der Waals surface area contributed by atoms with Crippen molar-refractivity contribution in [1.82, 2.24) is 5.32 Å². The highest BCUT2D eigenvalue weighted by Crippen LogP contribution is 2.28. The van der Waals surface area contributed by atoms with Crippen molar-refractivity contribution in [3.8, 4) is 5.75 Å². The fourth-order valence-electron chi connectivity index (χ4n) is 1.24. The minimum atomic E-state index is -0.581. The molecule has 1 aromatic rings. The summed E-state index contributed by atoms with van der Waals surface area (Å²) in [6.07, 6.45) is 0. The van der Waals surface area contributed by atoms with Crippen LogP contribution in [0.25, 0.3) is 0 Å². The van der Waals surface area contributed by atoms with E-state index in [0.717, 1.165) is 0 Å². The Morgan fingerprint density at radius 2 is 2.28 bits per heavy atom. The number of anilines is 1. The van der Waals surface area contributed by atoms with Crippen LogP contribution in [0.3, 0.4) is 0 Å². The number of carbonyl (C=O) groups excluding carboxylic acids is 1. The minimum absolute atomic E-state index is 0.0864. The number of aliphatic hydroxyl groups excluding tert-OH is 1. The molecular weight excluding hydrogens is 242 g/mol. The zero-order valence-corrected chi connectivity index (χ0v) is 9.67. The maximum absolute atomic E-state index is 11.4. The van der Waals surface area contributed by atoms with Gasteiger partial charge in [-0.3, -0.25) is 10.1 Å². The van der Waals surface area contributed by atoms with Crippen LogP contribution in [0, 0.1) is 10.1 Å². The molecule has 0 unspecified atom stereocenters. The van der Waals surface area contributed by atoms with Crippen molar-refractivity contribution >= 4 is 17.4 Å². The van der Waals surface area contributed by atoms with Crippen LogP contribution in [-0.4, -0.2) is 36.3 Å². The third-order valence-corrected chi connectivity index (χ3v) is 2.04. The Kier molecular flexibility index (Phi) is 4.88. The standard InChI is InChI=1S/C10H13N3O5/c1-18-9-3-2-7(13(16)17)6-8(9)12-10(15)11-4-5-14/h2-3,6,14H,4-5H2,1H3,(H2,11,12,15). The van der Waals surface area contributed by atoms with Crippen LogP contribution in [0.5, 0.6) is 5.75 Å². The Labute approximate surface area is 103 Å². The average Bonchev–Trinajstić information content (AvgIpc) is 2.36. The quantitative estimate of drug-likeness (QED) is 0.529. The second-order valence-corrected chi connectivity index (χ2v) is 3.25. The van der Waals surface area contributed by atoms with Gasteiger partial charge >= 0.3 is 6.03 Å². The third kappa shape index (κ3) is 3.59. The lowest BCUT2D eigenvalue weighted by atomic mass is 10.2.